The Morgan fingerprint density at radius 2 is 2.19 bits per heavy atom. The molecule has 0 aromatic rings. The Hall–Kier alpha value is -1.54. The highest BCUT2D eigenvalue weighted by molar-refractivity contribution is 5.92. The van der Waals surface area contributed by atoms with E-state index in [2.05, 4.69) is 0 Å². The maximum atomic E-state index is 11.3. The van der Waals surface area contributed by atoms with Gasteiger partial charge in [-0.1, -0.05) is 0 Å². The number of nitrogens with zero attached hydrogens (tertiary/aromatic N) is 2. The number of rotatable bonds is 5. The highest BCUT2D eigenvalue weighted by Gasteiger charge is 2.22. The van der Waals surface area contributed by atoms with Gasteiger partial charge in [0.25, 0.3) is 0 Å². The summed E-state index contributed by atoms with van der Waals surface area (Å²) >= 11 is 0. The van der Waals surface area contributed by atoms with E-state index < -0.39 is 11.5 Å². The zero-order chi connectivity index (χ0) is 12.8. The van der Waals surface area contributed by atoms with Crippen molar-refractivity contribution in [3.05, 3.63) is 11.8 Å². The molecular weight excluding hydrogens is 208 g/mol. The van der Waals surface area contributed by atoms with Gasteiger partial charge in [0, 0.05) is 13.2 Å². The van der Waals surface area contributed by atoms with Crippen LogP contribution in [0, 0.1) is 11.3 Å². The summed E-state index contributed by atoms with van der Waals surface area (Å²) in [5.41, 5.74) is -0.611. The van der Waals surface area contributed by atoms with Gasteiger partial charge in [0.1, 0.15) is 6.07 Å². The van der Waals surface area contributed by atoms with E-state index >= 15 is 0 Å². The van der Waals surface area contributed by atoms with Crippen LogP contribution < -0.4 is 0 Å². The summed E-state index contributed by atoms with van der Waals surface area (Å²) < 4.78 is 4.72. The van der Waals surface area contributed by atoms with Gasteiger partial charge in [-0.25, -0.2) is 4.79 Å². The summed E-state index contributed by atoms with van der Waals surface area (Å²) in [7, 11) is 1.69. The molecule has 0 aliphatic rings. The number of ether oxygens (including phenoxy) is 1. The summed E-state index contributed by atoms with van der Waals surface area (Å²) in [6, 6.07) is 1.78. The quantitative estimate of drug-likeness (QED) is 0.423. The van der Waals surface area contributed by atoms with Crippen LogP contribution in [0.1, 0.15) is 20.8 Å². The molecule has 0 amide bonds. The van der Waals surface area contributed by atoms with Crippen LogP contribution in [0.2, 0.25) is 0 Å². The van der Waals surface area contributed by atoms with E-state index in [1.54, 1.807) is 38.8 Å². The summed E-state index contributed by atoms with van der Waals surface area (Å²) in [5, 5.41) is 17.9. The van der Waals surface area contributed by atoms with Gasteiger partial charge in [-0.05, 0) is 20.8 Å². The maximum absolute atomic E-state index is 11.3. The Balaban J connectivity index is 4.85. The van der Waals surface area contributed by atoms with Crippen molar-refractivity contribution in [2.75, 3.05) is 20.3 Å². The van der Waals surface area contributed by atoms with Crippen LogP contribution in [0.25, 0.3) is 0 Å². The molecule has 0 saturated carbocycles. The number of carbonyl (C=O) groups is 1. The van der Waals surface area contributed by atoms with Crippen molar-refractivity contribution in [1.29, 1.82) is 5.26 Å². The van der Waals surface area contributed by atoms with Gasteiger partial charge in [0.05, 0.1) is 18.8 Å². The number of hydrogen-bond acceptors (Lipinski definition) is 5. The summed E-state index contributed by atoms with van der Waals surface area (Å²) in [6.45, 7) is 5.41. The lowest BCUT2D eigenvalue weighted by molar-refractivity contribution is -0.138. The molecule has 0 unspecified atom stereocenters. The van der Waals surface area contributed by atoms with Crippen molar-refractivity contribution in [3.63, 3.8) is 0 Å². The molecule has 0 bridgehead atoms. The standard InChI is InChI=1S/C11H18N2O3/c1-5-16-10(15)9(6-12)7-13(4)11(2,3)8-14/h7,14H,5,8H2,1-4H3/b9-7+. The van der Waals surface area contributed by atoms with Gasteiger partial charge in [0.2, 0.25) is 0 Å². The Bertz CT molecular complexity index is 316. The molecule has 5 nitrogen and oxygen atoms in total. The van der Waals surface area contributed by atoms with Gasteiger partial charge in [-0.2, -0.15) is 5.26 Å². The maximum Gasteiger partial charge on any atom is 0.350 e. The number of likely N-dealkylation sites (N-methyl/N-ethyl adjacent to an activating group) is 1. The molecule has 1 N–H and O–H groups in total. The Labute approximate surface area is 95.9 Å². The number of esters is 1. The second-order valence-electron chi connectivity index (χ2n) is 3.96. The van der Waals surface area contributed by atoms with E-state index in [0.29, 0.717) is 0 Å². The predicted molar refractivity (Wildman–Crippen MR) is 59.3 cm³/mol. The first kappa shape index (κ1) is 14.5. The minimum absolute atomic E-state index is 0.0779. The number of carbonyl (C=O) groups excluding carboxylic acids is 1. The average molecular weight is 226 g/mol. The van der Waals surface area contributed by atoms with Crippen LogP contribution in [0.3, 0.4) is 0 Å². The van der Waals surface area contributed by atoms with Crippen LogP contribution in [-0.4, -0.2) is 41.8 Å². The number of nitriles is 1. The van der Waals surface area contributed by atoms with E-state index in [4.69, 9.17) is 15.1 Å². The van der Waals surface area contributed by atoms with Gasteiger partial charge in [0.15, 0.2) is 5.57 Å². The predicted octanol–water partition coefficient (Wildman–Crippen LogP) is 0.660. The van der Waals surface area contributed by atoms with Gasteiger partial charge in [-0.3, -0.25) is 0 Å². The fraction of sp³-hybridized carbons (Fsp3) is 0.636. The van der Waals surface area contributed by atoms with Crippen molar-refractivity contribution in [3.8, 4) is 6.07 Å². The van der Waals surface area contributed by atoms with Crippen LogP contribution in [0.4, 0.5) is 0 Å². The molecule has 0 aliphatic heterocycles. The minimum Gasteiger partial charge on any atom is -0.462 e. The summed E-state index contributed by atoms with van der Waals surface area (Å²) in [4.78, 5) is 12.9. The van der Waals surface area contributed by atoms with Crippen molar-refractivity contribution >= 4 is 5.97 Å². The molecule has 0 aliphatic carbocycles. The molecule has 0 aromatic carbocycles. The highest BCUT2D eigenvalue weighted by atomic mass is 16.5. The largest absolute Gasteiger partial charge is 0.462 e. The van der Waals surface area contributed by atoms with Crippen LogP contribution >= 0.6 is 0 Å². The third kappa shape index (κ3) is 3.91. The van der Waals surface area contributed by atoms with Crippen LogP contribution in [0.15, 0.2) is 11.8 Å². The SMILES string of the molecule is CCOC(=O)/C(C#N)=C/N(C)C(C)(C)CO. The molecule has 16 heavy (non-hydrogen) atoms. The smallest absolute Gasteiger partial charge is 0.350 e. The molecule has 0 radical (unpaired) electrons. The zero-order valence-electron chi connectivity index (χ0n) is 10.1. The molecule has 0 saturated heterocycles. The summed E-state index contributed by atoms with van der Waals surface area (Å²) in [6.07, 6.45) is 1.38. The molecule has 0 heterocycles. The first-order valence-electron chi connectivity index (χ1n) is 5.02. The molecule has 0 atom stereocenters. The second kappa shape index (κ2) is 6.13. The van der Waals surface area contributed by atoms with Crippen molar-refractivity contribution in [2.24, 2.45) is 0 Å². The molecule has 5 heteroatoms. The van der Waals surface area contributed by atoms with Gasteiger partial charge < -0.3 is 14.7 Å². The lowest BCUT2D eigenvalue weighted by atomic mass is 10.1. The lowest BCUT2D eigenvalue weighted by Crippen LogP contribution is -2.41. The van der Waals surface area contributed by atoms with E-state index in [-0.39, 0.29) is 18.8 Å². The van der Waals surface area contributed by atoms with Crippen molar-refractivity contribution in [1.82, 2.24) is 4.90 Å². The number of aliphatic hydroxyl groups excluding tert-OH is 1. The van der Waals surface area contributed by atoms with Crippen LogP contribution in [-0.2, 0) is 9.53 Å². The molecule has 90 valence electrons. The first-order chi connectivity index (χ1) is 7.38. The monoisotopic (exact) mass is 226 g/mol. The van der Waals surface area contributed by atoms with E-state index in [0.717, 1.165) is 0 Å². The lowest BCUT2D eigenvalue weighted by Gasteiger charge is -2.32. The van der Waals surface area contributed by atoms with E-state index in [1.165, 1.54) is 6.20 Å². The normalized spacial score (nSPS) is 11.9. The summed E-state index contributed by atoms with van der Waals surface area (Å²) in [5.74, 6) is -0.648. The first-order valence-corrected chi connectivity index (χ1v) is 5.02. The fourth-order valence-corrected chi connectivity index (χ4v) is 0.816. The van der Waals surface area contributed by atoms with Crippen molar-refractivity contribution in [2.45, 2.75) is 26.3 Å². The average Bonchev–Trinajstić information content (AvgIpc) is 2.25. The number of aliphatic hydroxyl groups is 1. The molecule has 0 rings (SSSR count). The Kier molecular flexibility index (Phi) is 5.54. The zero-order valence-corrected chi connectivity index (χ0v) is 10.1. The molecule has 0 fully saturated rings. The number of hydrogen-bond donors (Lipinski definition) is 1. The Morgan fingerprint density at radius 3 is 2.56 bits per heavy atom. The second-order valence-corrected chi connectivity index (χ2v) is 3.96. The van der Waals surface area contributed by atoms with Gasteiger partial charge >= 0.3 is 5.97 Å². The highest BCUT2D eigenvalue weighted by Crippen LogP contribution is 2.13. The molecular formula is C11H18N2O3. The topological polar surface area (TPSA) is 73.6 Å². The van der Waals surface area contributed by atoms with Crippen LogP contribution in [0.5, 0.6) is 0 Å². The fourth-order valence-electron chi connectivity index (χ4n) is 0.816. The molecule has 0 spiro atoms. The Morgan fingerprint density at radius 1 is 1.62 bits per heavy atom. The third-order valence-electron chi connectivity index (χ3n) is 2.28. The van der Waals surface area contributed by atoms with E-state index in [9.17, 15) is 4.79 Å². The van der Waals surface area contributed by atoms with E-state index in [1.807, 2.05) is 0 Å². The minimum atomic E-state index is -0.648. The van der Waals surface area contributed by atoms with Crippen molar-refractivity contribution < 1.29 is 14.6 Å². The third-order valence-corrected chi connectivity index (χ3v) is 2.28. The van der Waals surface area contributed by atoms with Gasteiger partial charge in [-0.15, -0.1) is 0 Å². The molecule has 0 aromatic heterocycles.